The average Bonchev–Trinajstić information content (AvgIpc) is 2.63. The van der Waals surface area contributed by atoms with Crippen LogP contribution in [0.25, 0.3) is 6.08 Å². The predicted molar refractivity (Wildman–Crippen MR) is 104 cm³/mol. The molecular formula is C19H28FN3O3S. The Morgan fingerprint density at radius 1 is 1.22 bits per heavy atom. The van der Waals surface area contributed by atoms with E-state index in [0.717, 1.165) is 12.1 Å². The Balaban J connectivity index is 1.61. The summed E-state index contributed by atoms with van der Waals surface area (Å²) in [5, 5.41) is 10.9. The van der Waals surface area contributed by atoms with Crippen LogP contribution in [-0.2, 0) is 10.2 Å². The van der Waals surface area contributed by atoms with Crippen molar-refractivity contribution in [3.05, 3.63) is 41.7 Å². The zero-order chi connectivity index (χ0) is 19.7. The molecule has 1 aromatic rings. The molecule has 0 unspecified atom stereocenters. The lowest BCUT2D eigenvalue weighted by Gasteiger charge is -2.49. The molecule has 0 spiro atoms. The van der Waals surface area contributed by atoms with E-state index in [2.05, 4.69) is 4.90 Å². The Bertz CT molecular complexity index is 782. The van der Waals surface area contributed by atoms with Gasteiger partial charge in [-0.3, -0.25) is 4.90 Å². The van der Waals surface area contributed by atoms with Gasteiger partial charge in [-0.2, -0.15) is 17.0 Å². The van der Waals surface area contributed by atoms with Crippen molar-refractivity contribution in [3.8, 4) is 0 Å². The lowest BCUT2D eigenvalue weighted by atomic mass is 9.76. The van der Waals surface area contributed by atoms with Crippen molar-refractivity contribution in [2.45, 2.75) is 18.4 Å². The van der Waals surface area contributed by atoms with E-state index in [0.29, 0.717) is 39.0 Å². The first-order chi connectivity index (χ1) is 12.7. The monoisotopic (exact) mass is 397 g/mol. The maximum atomic E-state index is 13.0. The minimum atomic E-state index is -3.46. The van der Waals surface area contributed by atoms with Crippen LogP contribution in [0.5, 0.6) is 0 Å². The summed E-state index contributed by atoms with van der Waals surface area (Å²) in [4.78, 5) is 2.23. The van der Waals surface area contributed by atoms with Crippen LogP contribution >= 0.6 is 0 Å². The van der Waals surface area contributed by atoms with Crippen molar-refractivity contribution < 1.29 is 17.9 Å². The summed E-state index contributed by atoms with van der Waals surface area (Å²) < 4.78 is 40.5. The fraction of sp³-hybridized carbons (Fsp3) is 0.579. The lowest BCUT2D eigenvalue weighted by molar-refractivity contribution is -0.0998. The average molecular weight is 398 g/mol. The van der Waals surface area contributed by atoms with E-state index in [4.69, 9.17) is 0 Å². The van der Waals surface area contributed by atoms with Crippen LogP contribution in [0.3, 0.4) is 0 Å². The van der Waals surface area contributed by atoms with Crippen LogP contribution in [0.1, 0.15) is 18.4 Å². The second-order valence-corrected chi connectivity index (χ2v) is 9.80. The van der Waals surface area contributed by atoms with E-state index in [9.17, 15) is 17.9 Å². The van der Waals surface area contributed by atoms with Crippen LogP contribution < -0.4 is 0 Å². The smallest absolute Gasteiger partial charge is 0.281 e. The van der Waals surface area contributed by atoms with Gasteiger partial charge in [0.15, 0.2) is 0 Å². The zero-order valence-corrected chi connectivity index (χ0v) is 16.7. The summed E-state index contributed by atoms with van der Waals surface area (Å²) in [5.41, 5.74) is 0.154. The van der Waals surface area contributed by atoms with Gasteiger partial charge in [0.2, 0.25) is 0 Å². The second kappa shape index (κ2) is 7.97. The van der Waals surface area contributed by atoms with Crippen LogP contribution in [0.2, 0.25) is 0 Å². The van der Waals surface area contributed by atoms with Crippen molar-refractivity contribution in [1.29, 1.82) is 0 Å². The highest BCUT2D eigenvalue weighted by Crippen LogP contribution is 2.36. The fourth-order valence-corrected chi connectivity index (χ4v) is 5.01. The largest absolute Gasteiger partial charge is 0.389 e. The molecule has 2 atom stereocenters. The van der Waals surface area contributed by atoms with E-state index < -0.39 is 15.8 Å². The fourth-order valence-electron chi connectivity index (χ4n) is 3.86. The molecule has 6 nitrogen and oxygen atoms in total. The van der Waals surface area contributed by atoms with Gasteiger partial charge in [0.05, 0.1) is 5.60 Å². The first-order valence-corrected chi connectivity index (χ1v) is 10.6. The maximum absolute atomic E-state index is 13.0. The van der Waals surface area contributed by atoms with Crippen molar-refractivity contribution in [2.75, 3.05) is 46.8 Å². The predicted octanol–water partition coefficient (Wildman–Crippen LogP) is 1.40. The Kier molecular flexibility index (Phi) is 6.02. The molecule has 2 saturated heterocycles. The molecule has 0 aromatic heterocycles. The van der Waals surface area contributed by atoms with Crippen molar-refractivity contribution in [1.82, 2.24) is 13.5 Å². The van der Waals surface area contributed by atoms with Crippen molar-refractivity contribution >= 4 is 16.3 Å². The van der Waals surface area contributed by atoms with Gasteiger partial charge >= 0.3 is 0 Å². The molecule has 2 aliphatic heterocycles. The van der Waals surface area contributed by atoms with Gasteiger partial charge in [-0.25, -0.2) is 4.39 Å². The number of aliphatic hydroxyl groups is 1. The Morgan fingerprint density at radius 2 is 1.89 bits per heavy atom. The van der Waals surface area contributed by atoms with E-state index >= 15 is 0 Å². The number of nitrogens with zero attached hydrogens (tertiary/aromatic N) is 3. The molecule has 2 fully saturated rings. The topological polar surface area (TPSA) is 64.1 Å². The summed E-state index contributed by atoms with van der Waals surface area (Å²) in [6.07, 6.45) is 5.10. The zero-order valence-electron chi connectivity index (χ0n) is 15.9. The number of piperidine rings is 2. The van der Waals surface area contributed by atoms with Crippen LogP contribution in [-0.4, -0.2) is 79.5 Å². The highest BCUT2D eigenvalue weighted by Gasteiger charge is 2.47. The highest BCUT2D eigenvalue weighted by molar-refractivity contribution is 7.86. The van der Waals surface area contributed by atoms with Gasteiger partial charge in [-0.1, -0.05) is 24.3 Å². The molecule has 1 N–H and O–H groups in total. The van der Waals surface area contributed by atoms with Crippen LogP contribution in [0.15, 0.2) is 30.3 Å². The third-order valence-electron chi connectivity index (χ3n) is 5.65. The summed E-state index contributed by atoms with van der Waals surface area (Å²) in [6, 6.07) is 6.32. The minimum Gasteiger partial charge on any atom is -0.389 e. The summed E-state index contributed by atoms with van der Waals surface area (Å²) in [6.45, 7) is 2.85. The van der Waals surface area contributed by atoms with Gasteiger partial charge in [0, 0.05) is 52.7 Å². The number of fused-ring (bicyclic) bond motifs is 1. The third kappa shape index (κ3) is 4.57. The number of hydrogen-bond donors (Lipinski definition) is 1. The van der Waals surface area contributed by atoms with Gasteiger partial charge in [0.25, 0.3) is 10.2 Å². The molecule has 150 valence electrons. The molecule has 27 heavy (non-hydrogen) atoms. The maximum Gasteiger partial charge on any atom is 0.281 e. The number of halogens is 1. The van der Waals surface area contributed by atoms with Crippen molar-refractivity contribution in [2.24, 2.45) is 5.92 Å². The second-order valence-electron chi connectivity index (χ2n) is 7.66. The number of likely N-dealkylation sites (tertiary alicyclic amines) is 1. The van der Waals surface area contributed by atoms with Gasteiger partial charge in [-0.05, 0) is 30.5 Å². The van der Waals surface area contributed by atoms with Crippen LogP contribution in [0, 0.1) is 11.7 Å². The first kappa shape index (κ1) is 20.4. The third-order valence-corrected chi connectivity index (χ3v) is 7.56. The SMILES string of the molecule is CN(C)S(=O)(=O)N1CC[C@]2(O)CCN(C/C=C/c3ccc(F)cc3)C[C@@H]2C1. The first-order valence-electron chi connectivity index (χ1n) is 9.25. The van der Waals surface area contributed by atoms with E-state index in [-0.39, 0.29) is 11.7 Å². The Hall–Kier alpha value is -1.32. The van der Waals surface area contributed by atoms with Gasteiger partial charge < -0.3 is 5.11 Å². The van der Waals surface area contributed by atoms with Crippen molar-refractivity contribution in [3.63, 3.8) is 0 Å². The normalized spacial score (nSPS) is 28.0. The molecular weight excluding hydrogens is 369 g/mol. The summed E-state index contributed by atoms with van der Waals surface area (Å²) >= 11 is 0. The molecule has 2 heterocycles. The van der Waals surface area contributed by atoms with E-state index in [1.54, 1.807) is 12.1 Å². The standard InChI is InChI=1S/C19H28FN3O3S/c1-21(2)27(25,26)23-13-10-19(24)9-12-22(14-17(19)15-23)11-3-4-16-5-7-18(20)8-6-16/h3-8,17,24H,9-15H2,1-2H3/b4-3+/t17-,19-/m1/s1. The van der Waals surface area contributed by atoms with Gasteiger partial charge in [-0.15, -0.1) is 0 Å². The molecule has 0 amide bonds. The molecule has 0 saturated carbocycles. The number of hydrogen-bond acceptors (Lipinski definition) is 4. The summed E-state index contributed by atoms with van der Waals surface area (Å²) in [5.74, 6) is -0.356. The lowest BCUT2D eigenvalue weighted by Crippen LogP contribution is -2.61. The highest BCUT2D eigenvalue weighted by atomic mass is 32.2. The van der Waals surface area contributed by atoms with E-state index in [1.807, 2.05) is 12.2 Å². The molecule has 1 aromatic carbocycles. The molecule has 0 bridgehead atoms. The molecule has 3 rings (SSSR count). The molecule has 2 aliphatic rings. The molecule has 0 radical (unpaired) electrons. The number of rotatable bonds is 5. The Morgan fingerprint density at radius 3 is 2.56 bits per heavy atom. The van der Waals surface area contributed by atoms with E-state index in [1.165, 1.54) is 34.8 Å². The quantitative estimate of drug-likeness (QED) is 0.816. The number of benzene rings is 1. The van der Waals surface area contributed by atoms with Gasteiger partial charge in [0.1, 0.15) is 5.82 Å². The summed E-state index contributed by atoms with van der Waals surface area (Å²) in [7, 11) is -0.396. The Labute approximate surface area is 161 Å². The van der Waals surface area contributed by atoms with Crippen LogP contribution in [0.4, 0.5) is 4.39 Å². The molecule has 0 aliphatic carbocycles. The minimum absolute atomic E-state index is 0.103. The molecule has 8 heteroatoms.